The Morgan fingerprint density at radius 2 is 1.71 bits per heavy atom. The molecule has 7 nitrogen and oxygen atoms in total. The molecule has 174 valence electrons. The number of thiazole rings is 1. The zero-order valence-electron chi connectivity index (χ0n) is 18.5. The molecule has 1 fully saturated rings. The van der Waals surface area contributed by atoms with Gasteiger partial charge in [-0.15, -0.1) is 21.5 Å². The summed E-state index contributed by atoms with van der Waals surface area (Å²) in [4.78, 5) is 22.2. The minimum absolute atomic E-state index is 0.111. The number of benzene rings is 2. The predicted octanol–water partition coefficient (Wildman–Crippen LogP) is 4.75. The molecule has 3 heterocycles. The summed E-state index contributed by atoms with van der Waals surface area (Å²) in [5, 5.41) is 13.4. The first-order chi connectivity index (χ1) is 16.5. The first-order valence-corrected chi connectivity index (χ1v) is 11.9. The Kier molecular flexibility index (Phi) is 6.14. The maximum absolute atomic E-state index is 13.6. The maximum atomic E-state index is 13.6. The highest BCUT2D eigenvalue weighted by Crippen LogP contribution is 2.32. The number of aryl methyl sites for hydroxylation is 1. The molecule has 5 rings (SSSR count). The molecule has 34 heavy (non-hydrogen) atoms. The van der Waals surface area contributed by atoms with Gasteiger partial charge in [0.1, 0.15) is 17.3 Å². The predicted molar refractivity (Wildman–Crippen MR) is 124 cm³/mol. The van der Waals surface area contributed by atoms with Crippen LogP contribution in [0.25, 0.3) is 21.8 Å². The Labute approximate surface area is 199 Å². The molecule has 0 saturated carbocycles. The van der Waals surface area contributed by atoms with Gasteiger partial charge in [-0.3, -0.25) is 4.79 Å². The zero-order chi connectivity index (χ0) is 23.7. The van der Waals surface area contributed by atoms with Crippen LogP contribution in [0.2, 0.25) is 0 Å². The SMILES string of the molecule is Cc1nc(C(=O)N2CCCCC2Cn2nnc(-c3ccc(F)cc3)n2)c(-c2ccc(F)cc2)s1. The standard InChI is InChI=1S/C24H22F2N6OS/c1-15-27-21(22(34-15)16-5-9-18(25)10-6-16)24(33)31-13-3-2-4-20(31)14-32-29-23(28-30-32)17-7-11-19(26)12-8-17/h5-12,20H,2-4,13-14H2,1H3. The quantitative estimate of drug-likeness (QED) is 0.412. The molecule has 1 aliphatic heterocycles. The van der Waals surface area contributed by atoms with E-state index in [1.54, 1.807) is 24.3 Å². The third-order valence-corrected chi connectivity index (χ3v) is 6.88. The molecule has 1 aliphatic rings. The Morgan fingerprint density at radius 3 is 2.41 bits per heavy atom. The molecule has 0 aliphatic carbocycles. The molecule has 2 aromatic carbocycles. The van der Waals surface area contributed by atoms with Crippen molar-refractivity contribution in [3.8, 4) is 21.8 Å². The van der Waals surface area contributed by atoms with Gasteiger partial charge >= 0.3 is 0 Å². The van der Waals surface area contributed by atoms with Crippen LogP contribution in [-0.2, 0) is 6.54 Å². The Morgan fingerprint density at radius 1 is 1.03 bits per heavy atom. The summed E-state index contributed by atoms with van der Waals surface area (Å²) in [6.07, 6.45) is 2.71. The van der Waals surface area contributed by atoms with Gasteiger partial charge in [-0.2, -0.15) is 4.80 Å². The van der Waals surface area contributed by atoms with E-state index >= 15 is 0 Å². The first kappa shape index (κ1) is 22.3. The monoisotopic (exact) mass is 480 g/mol. The molecule has 1 amide bonds. The number of tetrazole rings is 1. The van der Waals surface area contributed by atoms with Gasteiger partial charge in [0.2, 0.25) is 5.82 Å². The number of hydrogen-bond acceptors (Lipinski definition) is 6. The number of piperidine rings is 1. The Hall–Kier alpha value is -3.53. The van der Waals surface area contributed by atoms with E-state index in [2.05, 4.69) is 20.4 Å². The fourth-order valence-corrected chi connectivity index (χ4v) is 5.10. The lowest BCUT2D eigenvalue weighted by atomic mass is 10.0. The molecule has 1 atom stereocenters. The minimum atomic E-state index is -0.329. The van der Waals surface area contributed by atoms with Crippen molar-refractivity contribution >= 4 is 17.2 Å². The fraction of sp³-hybridized carbons (Fsp3) is 0.292. The first-order valence-electron chi connectivity index (χ1n) is 11.1. The van der Waals surface area contributed by atoms with Crippen molar-refractivity contribution in [2.75, 3.05) is 6.54 Å². The molecule has 10 heteroatoms. The number of likely N-dealkylation sites (tertiary alicyclic amines) is 1. The second-order valence-corrected chi connectivity index (χ2v) is 9.44. The van der Waals surface area contributed by atoms with Gasteiger partial charge < -0.3 is 4.90 Å². The third kappa shape index (κ3) is 4.58. The number of amides is 1. The highest BCUT2D eigenvalue weighted by atomic mass is 32.1. The number of halogens is 2. The molecular formula is C24H22F2N6OS. The van der Waals surface area contributed by atoms with Crippen LogP contribution in [0.15, 0.2) is 48.5 Å². The molecule has 0 radical (unpaired) electrons. The van der Waals surface area contributed by atoms with Crippen molar-refractivity contribution in [3.05, 3.63) is 70.9 Å². The Balaban J connectivity index is 1.38. The summed E-state index contributed by atoms with van der Waals surface area (Å²) in [6, 6.07) is 11.9. The van der Waals surface area contributed by atoms with Crippen LogP contribution in [0.3, 0.4) is 0 Å². The van der Waals surface area contributed by atoms with Gasteiger partial charge in [-0.1, -0.05) is 12.1 Å². The van der Waals surface area contributed by atoms with Gasteiger partial charge in [0.05, 0.1) is 22.5 Å². The summed E-state index contributed by atoms with van der Waals surface area (Å²) in [7, 11) is 0. The molecular weight excluding hydrogens is 458 g/mol. The summed E-state index contributed by atoms with van der Waals surface area (Å²) in [6.45, 7) is 2.87. The van der Waals surface area contributed by atoms with Crippen LogP contribution >= 0.6 is 11.3 Å². The van der Waals surface area contributed by atoms with Crippen LogP contribution in [0.4, 0.5) is 8.78 Å². The Bertz CT molecular complexity index is 1300. The minimum Gasteiger partial charge on any atom is -0.332 e. The second-order valence-electron chi connectivity index (χ2n) is 8.24. The summed E-state index contributed by atoms with van der Waals surface area (Å²) < 4.78 is 26.6. The van der Waals surface area contributed by atoms with E-state index in [0.717, 1.165) is 34.7 Å². The van der Waals surface area contributed by atoms with Crippen LogP contribution < -0.4 is 0 Å². The van der Waals surface area contributed by atoms with Crippen molar-refractivity contribution in [1.82, 2.24) is 30.1 Å². The van der Waals surface area contributed by atoms with Gasteiger partial charge in [0.25, 0.3) is 5.91 Å². The molecule has 0 N–H and O–H groups in total. The van der Waals surface area contributed by atoms with Crippen LogP contribution in [0.1, 0.15) is 34.8 Å². The lowest BCUT2D eigenvalue weighted by Gasteiger charge is -2.35. The van der Waals surface area contributed by atoms with Crippen molar-refractivity contribution < 1.29 is 13.6 Å². The zero-order valence-corrected chi connectivity index (χ0v) is 19.3. The highest BCUT2D eigenvalue weighted by Gasteiger charge is 2.31. The average Bonchev–Trinajstić information content (AvgIpc) is 3.47. The normalized spacial score (nSPS) is 16.1. The summed E-state index contributed by atoms with van der Waals surface area (Å²) in [5.74, 6) is -0.395. The van der Waals surface area contributed by atoms with E-state index in [4.69, 9.17) is 0 Å². The fourth-order valence-electron chi connectivity index (χ4n) is 4.19. The van der Waals surface area contributed by atoms with Crippen molar-refractivity contribution in [3.63, 3.8) is 0 Å². The smallest absolute Gasteiger partial charge is 0.274 e. The number of aromatic nitrogens is 5. The van der Waals surface area contributed by atoms with Gasteiger partial charge in [0.15, 0.2) is 0 Å². The number of rotatable bonds is 5. The van der Waals surface area contributed by atoms with Crippen molar-refractivity contribution in [1.29, 1.82) is 0 Å². The van der Waals surface area contributed by atoms with Crippen molar-refractivity contribution in [2.24, 2.45) is 0 Å². The number of nitrogens with zero attached hydrogens (tertiary/aromatic N) is 6. The molecule has 0 bridgehead atoms. The van der Waals surface area contributed by atoms with E-state index in [1.807, 2.05) is 11.8 Å². The average molecular weight is 481 g/mol. The lowest BCUT2D eigenvalue weighted by Crippen LogP contribution is -2.46. The van der Waals surface area contributed by atoms with E-state index in [-0.39, 0.29) is 23.6 Å². The van der Waals surface area contributed by atoms with Crippen molar-refractivity contribution in [2.45, 2.75) is 38.8 Å². The van der Waals surface area contributed by atoms with Crippen LogP contribution in [-0.4, -0.2) is 48.6 Å². The van der Waals surface area contributed by atoms with Gasteiger partial charge in [-0.25, -0.2) is 13.8 Å². The third-order valence-electron chi connectivity index (χ3n) is 5.86. The van der Waals surface area contributed by atoms with E-state index in [1.165, 1.54) is 40.4 Å². The molecule has 4 aromatic rings. The second kappa shape index (κ2) is 9.38. The van der Waals surface area contributed by atoms with E-state index < -0.39 is 0 Å². The number of carbonyl (C=O) groups excluding carboxylic acids is 1. The topological polar surface area (TPSA) is 76.8 Å². The van der Waals surface area contributed by atoms with E-state index in [9.17, 15) is 13.6 Å². The van der Waals surface area contributed by atoms with Crippen LogP contribution in [0, 0.1) is 18.6 Å². The maximum Gasteiger partial charge on any atom is 0.274 e. The number of hydrogen-bond donors (Lipinski definition) is 0. The lowest BCUT2D eigenvalue weighted by molar-refractivity contribution is 0.0572. The van der Waals surface area contributed by atoms with E-state index in [0.29, 0.717) is 30.2 Å². The highest BCUT2D eigenvalue weighted by molar-refractivity contribution is 7.15. The molecule has 1 unspecified atom stereocenters. The van der Waals surface area contributed by atoms with Crippen LogP contribution in [0.5, 0.6) is 0 Å². The molecule has 0 spiro atoms. The molecule has 1 saturated heterocycles. The summed E-state index contributed by atoms with van der Waals surface area (Å²) in [5.41, 5.74) is 1.83. The largest absolute Gasteiger partial charge is 0.332 e. The van der Waals surface area contributed by atoms with Gasteiger partial charge in [0, 0.05) is 12.1 Å². The number of carbonyl (C=O) groups is 1. The molecule has 2 aromatic heterocycles. The summed E-state index contributed by atoms with van der Waals surface area (Å²) >= 11 is 1.43. The van der Waals surface area contributed by atoms with Gasteiger partial charge in [-0.05, 0) is 73.4 Å².